The third kappa shape index (κ3) is 6.00. The lowest BCUT2D eigenvalue weighted by Crippen LogP contribution is -2.61. The summed E-state index contributed by atoms with van der Waals surface area (Å²) in [4.78, 5) is 47.7. The highest BCUT2D eigenvalue weighted by Crippen LogP contribution is 2.44. The number of hydrogen-bond acceptors (Lipinski definition) is 7. The van der Waals surface area contributed by atoms with E-state index in [2.05, 4.69) is 27.9 Å². The number of carbonyl (C=O) groups excluding carboxylic acids is 3. The predicted molar refractivity (Wildman–Crippen MR) is 165 cm³/mol. The number of H-pyrrole nitrogens is 1. The molecular weight excluding hydrogens is 586 g/mol. The Kier molecular flexibility index (Phi) is 9.48. The number of hydrogen-bond donors (Lipinski definition) is 4. The van der Waals surface area contributed by atoms with E-state index in [1.165, 1.54) is 14.2 Å². The lowest BCUT2D eigenvalue weighted by atomic mass is 9.65. The maximum absolute atomic E-state index is 14.1. The van der Waals surface area contributed by atoms with Gasteiger partial charge < -0.3 is 35.1 Å². The molecule has 0 radical (unpaired) electrons. The van der Waals surface area contributed by atoms with Crippen molar-refractivity contribution in [3.8, 4) is 0 Å². The lowest BCUT2D eigenvalue weighted by Gasteiger charge is -2.45. The molecule has 3 unspecified atom stereocenters. The Labute approximate surface area is 261 Å². The SMILES string of the molecule is CCNC(=O)[C@H](NC(=O)C1(c2ccc3nc(C(NC(=O)OC)C(OC)c4ccccc4Cl)[nH]c3c2)CCOC1)C1(C)CCC1. The number of nitrogens with zero attached hydrogens (tertiary/aromatic N) is 1. The average Bonchev–Trinajstić information content (AvgIpc) is 3.67. The van der Waals surface area contributed by atoms with Gasteiger partial charge in [-0.25, -0.2) is 9.78 Å². The zero-order valence-corrected chi connectivity index (χ0v) is 26.3. The largest absolute Gasteiger partial charge is 0.453 e. The maximum atomic E-state index is 14.1. The first-order valence-corrected chi connectivity index (χ1v) is 15.3. The molecule has 4 atom stereocenters. The fourth-order valence-electron chi connectivity index (χ4n) is 6.32. The van der Waals surface area contributed by atoms with Crippen molar-refractivity contribution in [3.05, 3.63) is 64.4 Å². The first-order valence-electron chi connectivity index (χ1n) is 14.9. The Bertz CT molecular complexity index is 1520. The topological polar surface area (TPSA) is 144 Å². The molecule has 1 saturated heterocycles. The maximum Gasteiger partial charge on any atom is 0.407 e. The van der Waals surface area contributed by atoms with E-state index >= 15 is 0 Å². The van der Waals surface area contributed by atoms with Crippen LogP contribution in [-0.2, 0) is 29.2 Å². The standard InChI is InChI=1S/C32H40ClN5O6/c1-5-34-28(39)26(31(2)13-8-14-31)38-29(40)32(15-16-44-18-32)19-11-12-22-23(17-19)36-27(35-22)24(37-30(41)43-4)25(42-3)20-9-6-7-10-21(20)33/h6-7,9-12,17,24-26H,5,8,13-16,18H2,1-4H3,(H,34,39)(H,35,36)(H,37,41)(H,38,40)/t24?,25?,26-,32?/m0/s1. The molecule has 0 spiro atoms. The number of nitrogens with one attached hydrogen (secondary N) is 4. The number of ether oxygens (including phenoxy) is 3. The van der Waals surface area contributed by atoms with Gasteiger partial charge in [0.2, 0.25) is 11.8 Å². The number of fused-ring (bicyclic) bond motifs is 1. The number of rotatable bonds is 11. The van der Waals surface area contributed by atoms with Crippen LogP contribution in [0.5, 0.6) is 0 Å². The van der Waals surface area contributed by atoms with E-state index in [0.717, 1.165) is 24.8 Å². The minimum absolute atomic E-state index is 0.166. The molecule has 2 fully saturated rings. The average molecular weight is 626 g/mol. The van der Waals surface area contributed by atoms with Crippen LogP contribution in [0.3, 0.4) is 0 Å². The summed E-state index contributed by atoms with van der Waals surface area (Å²) in [6, 6.07) is 11.4. The number of carbonyl (C=O) groups is 3. The van der Waals surface area contributed by atoms with E-state index in [1.807, 2.05) is 43.3 Å². The number of halogens is 1. The summed E-state index contributed by atoms with van der Waals surface area (Å²) in [5, 5.41) is 9.32. The summed E-state index contributed by atoms with van der Waals surface area (Å²) in [5.74, 6) is 0.0210. The molecule has 1 aromatic heterocycles. The van der Waals surface area contributed by atoms with Crippen LogP contribution in [0.25, 0.3) is 11.0 Å². The summed E-state index contributed by atoms with van der Waals surface area (Å²) in [7, 11) is 2.81. The van der Waals surface area contributed by atoms with Crippen molar-refractivity contribution in [1.82, 2.24) is 25.9 Å². The Morgan fingerprint density at radius 3 is 2.50 bits per heavy atom. The van der Waals surface area contributed by atoms with Gasteiger partial charge in [-0.15, -0.1) is 0 Å². The molecule has 2 aromatic carbocycles. The van der Waals surface area contributed by atoms with Crippen LogP contribution in [0, 0.1) is 5.41 Å². The van der Waals surface area contributed by atoms with Crippen molar-refractivity contribution in [2.45, 2.75) is 63.1 Å². The number of aromatic amines is 1. The quantitative estimate of drug-likeness (QED) is 0.246. The number of amides is 3. The number of methoxy groups -OCH3 is 2. The Hall–Kier alpha value is -3.67. The van der Waals surface area contributed by atoms with Crippen molar-refractivity contribution >= 4 is 40.5 Å². The predicted octanol–water partition coefficient (Wildman–Crippen LogP) is 4.47. The van der Waals surface area contributed by atoms with Crippen LogP contribution in [0.1, 0.15) is 68.6 Å². The number of likely N-dealkylation sites (N-methyl/N-ethyl adjacent to an activating group) is 1. The third-order valence-electron chi connectivity index (χ3n) is 9.11. The second kappa shape index (κ2) is 13.1. The molecule has 2 heterocycles. The molecule has 3 amide bonds. The van der Waals surface area contributed by atoms with Gasteiger partial charge in [0.1, 0.15) is 24.0 Å². The highest BCUT2D eigenvalue weighted by molar-refractivity contribution is 6.31. The molecule has 2 aliphatic rings. The molecule has 12 heteroatoms. The monoisotopic (exact) mass is 625 g/mol. The van der Waals surface area contributed by atoms with Gasteiger partial charge in [-0.3, -0.25) is 9.59 Å². The Morgan fingerprint density at radius 2 is 1.89 bits per heavy atom. The third-order valence-corrected chi connectivity index (χ3v) is 9.46. The summed E-state index contributed by atoms with van der Waals surface area (Å²) in [5.41, 5.74) is 1.43. The van der Waals surface area contributed by atoms with Gasteiger partial charge >= 0.3 is 6.09 Å². The Morgan fingerprint density at radius 1 is 1.11 bits per heavy atom. The van der Waals surface area contributed by atoms with E-state index in [0.29, 0.717) is 47.0 Å². The molecule has 236 valence electrons. The molecule has 3 aromatic rings. The first-order chi connectivity index (χ1) is 21.2. The van der Waals surface area contributed by atoms with Crippen LogP contribution in [0.2, 0.25) is 5.02 Å². The van der Waals surface area contributed by atoms with E-state index in [9.17, 15) is 14.4 Å². The van der Waals surface area contributed by atoms with Gasteiger partial charge in [-0.2, -0.15) is 0 Å². The normalized spacial score (nSPS) is 21.1. The van der Waals surface area contributed by atoms with Gasteiger partial charge in [-0.05, 0) is 55.4 Å². The number of aromatic nitrogens is 2. The number of alkyl carbamates (subject to hydrolysis) is 1. The zero-order valence-electron chi connectivity index (χ0n) is 25.5. The van der Waals surface area contributed by atoms with Gasteiger partial charge in [-0.1, -0.05) is 49.2 Å². The minimum Gasteiger partial charge on any atom is -0.453 e. The van der Waals surface area contributed by atoms with Crippen LogP contribution < -0.4 is 16.0 Å². The molecule has 1 aliphatic carbocycles. The minimum atomic E-state index is -0.986. The van der Waals surface area contributed by atoms with E-state index in [4.69, 9.17) is 30.8 Å². The summed E-state index contributed by atoms with van der Waals surface area (Å²) in [6.45, 7) is 5.02. The van der Waals surface area contributed by atoms with E-state index in [1.54, 1.807) is 6.07 Å². The molecular formula is C32H40ClN5O6. The Balaban J connectivity index is 1.50. The molecule has 1 saturated carbocycles. The molecule has 0 bridgehead atoms. The van der Waals surface area contributed by atoms with Crippen LogP contribution in [0.15, 0.2) is 42.5 Å². The molecule has 5 rings (SSSR count). The van der Waals surface area contributed by atoms with Crippen LogP contribution >= 0.6 is 11.6 Å². The summed E-state index contributed by atoms with van der Waals surface area (Å²) < 4.78 is 16.5. The smallest absolute Gasteiger partial charge is 0.407 e. The van der Waals surface area contributed by atoms with Gasteiger partial charge in [0, 0.05) is 30.8 Å². The second-order valence-electron chi connectivity index (χ2n) is 11.8. The first kappa shape index (κ1) is 31.7. The highest BCUT2D eigenvalue weighted by Gasteiger charge is 2.49. The van der Waals surface area contributed by atoms with E-state index < -0.39 is 29.7 Å². The van der Waals surface area contributed by atoms with Crippen molar-refractivity contribution in [1.29, 1.82) is 0 Å². The van der Waals surface area contributed by atoms with Crippen molar-refractivity contribution < 1.29 is 28.6 Å². The van der Waals surface area contributed by atoms with E-state index in [-0.39, 0.29) is 23.8 Å². The van der Waals surface area contributed by atoms with Gasteiger partial charge in [0.15, 0.2) is 0 Å². The van der Waals surface area contributed by atoms with Gasteiger partial charge in [0.25, 0.3) is 0 Å². The fourth-order valence-corrected chi connectivity index (χ4v) is 6.57. The van der Waals surface area contributed by atoms with Crippen molar-refractivity contribution in [3.63, 3.8) is 0 Å². The zero-order chi connectivity index (χ0) is 31.5. The van der Waals surface area contributed by atoms with Crippen molar-refractivity contribution in [2.24, 2.45) is 5.41 Å². The summed E-state index contributed by atoms with van der Waals surface area (Å²) >= 11 is 6.50. The molecule has 44 heavy (non-hydrogen) atoms. The van der Waals surface area contributed by atoms with Crippen molar-refractivity contribution in [2.75, 3.05) is 34.0 Å². The molecule has 11 nitrogen and oxygen atoms in total. The van der Waals surface area contributed by atoms with Gasteiger partial charge in [0.05, 0.1) is 30.2 Å². The molecule has 4 N–H and O–H groups in total. The lowest BCUT2D eigenvalue weighted by molar-refractivity contribution is -0.136. The highest BCUT2D eigenvalue weighted by atomic mass is 35.5. The number of imidazole rings is 1. The second-order valence-corrected chi connectivity index (χ2v) is 12.2. The van der Waals surface area contributed by atoms with Crippen LogP contribution in [-0.4, -0.2) is 67.9 Å². The fraction of sp³-hybridized carbons (Fsp3) is 0.500. The van der Waals surface area contributed by atoms with Crippen LogP contribution in [0.4, 0.5) is 4.79 Å². The number of benzene rings is 2. The molecule has 1 aliphatic heterocycles. The summed E-state index contributed by atoms with van der Waals surface area (Å²) in [6.07, 6.45) is 1.89.